The molecule has 0 fully saturated rings. The number of carbonyl (C=O) groups is 1. The Morgan fingerprint density at radius 3 is 3.00 bits per heavy atom. The standard InChI is InChI=1S/C12H18N4O/c1-15(8-14-13)7-9-3-4-11-10(5-9)6-12(17)16(11)2/h3-5,14H,6-8,13H2,1-2H3. The van der Waals surface area contributed by atoms with E-state index < -0.39 is 0 Å². The number of hydrogen-bond donors (Lipinski definition) is 2. The molecule has 0 atom stereocenters. The summed E-state index contributed by atoms with van der Waals surface area (Å²) in [7, 11) is 3.81. The lowest BCUT2D eigenvalue weighted by Gasteiger charge is -2.16. The van der Waals surface area contributed by atoms with Gasteiger partial charge in [-0.05, 0) is 24.2 Å². The smallest absolute Gasteiger partial charge is 0.231 e. The molecule has 0 radical (unpaired) electrons. The molecule has 5 heteroatoms. The maximum atomic E-state index is 11.6. The van der Waals surface area contributed by atoms with Crippen LogP contribution in [0.25, 0.3) is 0 Å². The summed E-state index contributed by atoms with van der Waals surface area (Å²) in [6.45, 7) is 1.45. The van der Waals surface area contributed by atoms with E-state index in [1.807, 2.05) is 20.2 Å². The van der Waals surface area contributed by atoms with Gasteiger partial charge in [0.1, 0.15) is 0 Å². The van der Waals surface area contributed by atoms with Gasteiger partial charge >= 0.3 is 0 Å². The fourth-order valence-electron chi connectivity index (χ4n) is 2.15. The average molecular weight is 234 g/mol. The van der Waals surface area contributed by atoms with E-state index in [0.29, 0.717) is 13.1 Å². The highest BCUT2D eigenvalue weighted by atomic mass is 16.2. The third-order valence-electron chi connectivity index (χ3n) is 3.03. The van der Waals surface area contributed by atoms with Crippen LogP contribution in [0.5, 0.6) is 0 Å². The number of benzene rings is 1. The molecule has 0 spiro atoms. The van der Waals surface area contributed by atoms with Crippen LogP contribution in [0.3, 0.4) is 0 Å². The van der Waals surface area contributed by atoms with Crippen molar-refractivity contribution in [2.24, 2.45) is 5.84 Å². The van der Waals surface area contributed by atoms with E-state index in [9.17, 15) is 4.79 Å². The van der Waals surface area contributed by atoms with Crippen LogP contribution in [0.4, 0.5) is 5.69 Å². The van der Waals surface area contributed by atoms with Crippen LogP contribution < -0.4 is 16.2 Å². The molecule has 1 heterocycles. The molecule has 92 valence electrons. The Balaban J connectivity index is 2.13. The number of hydrogen-bond acceptors (Lipinski definition) is 4. The number of carbonyl (C=O) groups excluding carboxylic acids is 1. The first kappa shape index (κ1) is 12.0. The van der Waals surface area contributed by atoms with Gasteiger partial charge in [0.25, 0.3) is 0 Å². The van der Waals surface area contributed by atoms with E-state index in [1.165, 1.54) is 5.56 Å². The predicted octanol–water partition coefficient (Wildman–Crippen LogP) is 0.0581. The summed E-state index contributed by atoms with van der Waals surface area (Å²) in [5, 5.41) is 0. The summed E-state index contributed by atoms with van der Waals surface area (Å²) in [5.74, 6) is 5.43. The summed E-state index contributed by atoms with van der Waals surface area (Å²) < 4.78 is 0. The first-order valence-corrected chi connectivity index (χ1v) is 5.62. The molecule has 1 amide bonds. The van der Waals surface area contributed by atoms with Crippen LogP contribution in [0, 0.1) is 0 Å². The molecule has 1 aromatic rings. The zero-order valence-electron chi connectivity index (χ0n) is 10.2. The first-order valence-electron chi connectivity index (χ1n) is 5.62. The molecule has 3 N–H and O–H groups in total. The zero-order chi connectivity index (χ0) is 12.4. The molecular weight excluding hydrogens is 216 g/mol. The molecule has 0 unspecified atom stereocenters. The normalized spacial score (nSPS) is 14.6. The van der Waals surface area contributed by atoms with E-state index >= 15 is 0 Å². The van der Waals surface area contributed by atoms with Crippen LogP contribution in [0.1, 0.15) is 11.1 Å². The Labute approximate surface area is 101 Å². The molecule has 0 aromatic heterocycles. The lowest BCUT2D eigenvalue weighted by Crippen LogP contribution is -2.35. The van der Waals surface area contributed by atoms with E-state index in [4.69, 9.17) is 5.84 Å². The van der Waals surface area contributed by atoms with Gasteiger partial charge in [0.15, 0.2) is 0 Å². The highest BCUT2D eigenvalue weighted by molar-refractivity contribution is 6.00. The third-order valence-corrected chi connectivity index (χ3v) is 3.03. The summed E-state index contributed by atoms with van der Waals surface area (Å²) in [6, 6.07) is 6.17. The Morgan fingerprint density at radius 1 is 1.53 bits per heavy atom. The average Bonchev–Trinajstić information content (AvgIpc) is 2.55. The van der Waals surface area contributed by atoms with Crippen molar-refractivity contribution in [3.63, 3.8) is 0 Å². The molecular formula is C12H18N4O. The Bertz CT molecular complexity index is 433. The molecule has 0 saturated carbocycles. The van der Waals surface area contributed by atoms with Crippen molar-refractivity contribution >= 4 is 11.6 Å². The molecule has 1 aromatic carbocycles. The predicted molar refractivity (Wildman–Crippen MR) is 67.2 cm³/mol. The molecule has 17 heavy (non-hydrogen) atoms. The number of nitrogens with two attached hydrogens (primary N) is 1. The van der Waals surface area contributed by atoms with Gasteiger partial charge < -0.3 is 4.90 Å². The number of nitrogens with one attached hydrogen (secondary N) is 1. The number of fused-ring (bicyclic) bond motifs is 1. The van der Waals surface area contributed by atoms with Crippen LogP contribution in [-0.4, -0.2) is 31.6 Å². The molecule has 0 saturated heterocycles. The van der Waals surface area contributed by atoms with E-state index in [1.54, 1.807) is 4.90 Å². The van der Waals surface area contributed by atoms with Crippen LogP contribution in [0.2, 0.25) is 0 Å². The van der Waals surface area contributed by atoms with E-state index in [-0.39, 0.29) is 5.91 Å². The van der Waals surface area contributed by atoms with E-state index in [0.717, 1.165) is 17.8 Å². The second-order valence-corrected chi connectivity index (χ2v) is 4.47. The Kier molecular flexibility index (Phi) is 3.42. The second-order valence-electron chi connectivity index (χ2n) is 4.47. The fraction of sp³-hybridized carbons (Fsp3) is 0.417. The van der Waals surface area contributed by atoms with Crippen molar-refractivity contribution in [2.75, 3.05) is 25.7 Å². The lowest BCUT2D eigenvalue weighted by molar-refractivity contribution is -0.117. The lowest BCUT2D eigenvalue weighted by atomic mass is 10.1. The van der Waals surface area contributed by atoms with Gasteiger partial charge in [-0.15, -0.1) is 0 Å². The highest BCUT2D eigenvalue weighted by Gasteiger charge is 2.23. The van der Waals surface area contributed by atoms with Gasteiger partial charge in [-0.3, -0.25) is 15.5 Å². The van der Waals surface area contributed by atoms with Crippen LogP contribution >= 0.6 is 0 Å². The van der Waals surface area contributed by atoms with Crippen molar-refractivity contribution in [1.29, 1.82) is 0 Å². The maximum absolute atomic E-state index is 11.6. The van der Waals surface area contributed by atoms with Crippen LogP contribution in [0.15, 0.2) is 18.2 Å². The summed E-state index contributed by atoms with van der Waals surface area (Å²) in [4.78, 5) is 15.3. The maximum Gasteiger partial charge on any atom is 0.231 e. The van der Waals surface area contributed by atoms with Crippen molar-refractivity contribution in [2.45, 2.75) is 13.0 Å². The number of rotatable bonds is 4. The van der Waals surface area contributed by atoms with Crippen LogP contribution in [-0.2, 0) is 17.8 Å². The number of anilines is 1. The second kappa shape index (κ2) is 4.83. The van der Waals surface area contributed by atoms with Gasteiger partial charge in [-0.2, -0.15) is 0 Å². The van der Waals surface area contributed by atoms with Crippen molar-refractivity contribution in [1.82, 2.24) is 10.3 Å². The van der Waals surface area contributed by atoms with Crippen molar-refractivity contribution in [3.05, 3.63) is 29.3 Å². The molecule has 0 aliphatic carbocycles. The van der Waals surface area contributed by atoms with Gasteiger partial charge in [-0.25, -0.2) is 5.43 Å². The fourth-order valence-corrected chi connectivity index (χ4v) is 2.15. The van der Waals surface area contributed by atoms with Gasteiger partial charge in [0.2, 0.25) is 5.91 Å². The summed E-state index contributed by atoms with van der Waals surface area (Å²) >= 11 is 0. The van der Waals surface area contributed by atoms with Gasteiger partial charge in [0, 0.05) is 19.3 Å². The minimum Gasteiger partial charge on any atom is -0.315 e. The summed E-state index contributed by atoms with van der Waals surface area (Å²) in [6.07, 6.45) is 0.512. The molecule has 0 bridgehead atoms. The van der Waals surface area contributed by atoms with E-state index in [2.05, 4.69) is 22.5 Å². The highest BCUT2D eigenvalue weighted by Crippen LogP contribution is 2.28. The quantitative estimate of drug-likeness (QED) is 0.439. The zero-order valence-corrected chi connectivity index (χ0v) is 10.2. The molecule has 2 rings (SSSR count). The van der Waals surface area contributed by atoms with Crippen molar-refractivity contribution < 1.29 is 4.79 Å². The van der Waals surface area contributed by atoms with Gasteiger partial charge in [0.05, 0.1) is 13.1 Å². The van der Waals surface area contributed by atoms with Crippen molar-refractivity contribution in [3.8, 4) is 0 Å². The summed E-state index contributed by atoms with van der Waals surface area (Å²) in [5.41, 5.74) is 5.96. The number of hydrazine groups is 1. The third kappa shape index (κ3) is 2.46. The number of likely N-dealkylation sites (N-methyl/N-ethyl adjacent to an activating group) is 1. The minimum absolute atomic E-state index is 0.161. The van der Waals surface area contributed by atoms with Gasteiger partial charge in [-0.1, -0.05) is 12.1 Å². The topological polar surface area (TPSA) is 61.6 Å². The molecule has 1 aliphatic heterocycles. The first-order chi connectivity index (χ1) is 8.11. The molecule has 1 aliphatic rings. The largest absolute Gasteiger partial charge is 0.315 e. The number of nitrogens with zero attached hydrogens (tertiary/aromatic N) is 2. The molecule has 5 nitrogen and oxygen atoms in total. The monoisotopic (exact) mass is 234 g/mol. The minimum atomic E-state index is 0.161. The number of amides is 1. The Morgan fingerprint density at radius 2 is 2.29 bits per heavy atom. The Hall–Kier alpha value is -1.43. The SMILES string of the molecule is CN(CNN)Cc1ccc2c(c1)CC(=O)N2C.